The Morgan fingerprint density at radius 2 is 1.96 bits per heavy atom. The van der Waals surface area contributed by atoms with E-state index in [4.69, 9.17) is 0 Å². The lowest BCUT2D eigenvalue weighted by atomic mass is 9.95. The van der Waals surface area contributed by atoms with Crippen LogP contribution in [0.1, 0.15) is 49.5 Å². The van der Waals surface area contributed by atoms with Gasteiger partial charge < -0.3 is 15.1 Å². The molecule has 2 fully saturated rings. The van der Waals surface area contributed by atoms with Crippen LogP contribution in [-0.2, 0) is 0 Å². The molecule has 2 heterocycles. The number of nitrogens with one attached hydrogen (secondary N) is 1. The van der Waals surface area contributed by atoms with Crippen LogP contribution in [0.5, 0.6) is 0 Å². The first-order valence-electron chi connectivity index (χ1n) is 9.00. The summed E-state index contributed by atoms with van der Waals surface area (Å²) in [6.07, 6.45) is 8.16. The highest BCUT2D eigenvalue weighted by molar-refractivity contribution is 5.93. The first-order valence-corrected chi connectivity index (χ1v) is 9.00. The van der Waals surface area contributed by atoms with Crippen molar-refractivity contribution in [2.24, 2.45) is 0 Å². The Labute approximate surface area is 139 Å². The average Bonchev–Trinajstić information content (AvgIpc) is 2.62. The monoisotopic (exact) mass is 316 g/mol. The number of hydrogen-bond donors (Lipinski definition) is 1. The molecule has 0 atom stereocenters. The molecule has 0 spiro atoms. The molecule has 1 saturated carbocycles. The fraction of sp³-hybridized carbons (Fsp3) is 0.667. The lowest BCUT2D eigenvalue weighted by Crippen LogP contribution is -2.48. The summed E-state index contributed by atoms with van der Waals surface area (Å²) in [7, 11) is 0. The zero-order chi connectivity index (χ0) is 16.1. The summed E-state index contributed by atoms with van der Waals surface area (Å²) in [5.74, 6) is 0.0630. The number of piperazine rings is 1. The van der Waals surface area contributed by atoms with E-state index < -0.39 is 0 Å². The van der Waals surface area contributed by atoms with Gasteiger partial charge in [-0.05, 0) is 31.5 Å². The van der Waals surface area contributed by atoms with E-state index in [1.807, 2.05) is 17.0 Å². The molecule has 1 saturated heterocycles. The van der Waals surface area contributed by atoms with E-state index in [2.05, 4.69) is 22.1 Å². The third-order valence-electron chi connectivity index (χ3n) is 5.06. The van der Waals surface area contributed by atoms with Crippen molar-refractivity contribution < 1.29 is 4.79 Å². The maximum absolute atomic E-state index is 12.7. The third-order valence-corrected chi connectivity index (χ3v) is 5.06. The highest BCUT2D eigenvalue weighted by Crippen LogP contribution is 2.22. The number of hydrogen-bond acceptors (Lipinski definition) is 4. The van der Waals surface area contributed by atoms with E-state index in [0.29, 0.717) is 11.7 Å². The van der Waals surface area contributed by atoms with Gasteiger partial charge in [-0.2, -0.15) is 0 Å². The number of carbonyl (C=O) groups is 1. The van der Waals surface area contributed by atoms with Crippen LogP contribution >= 0.6 is 0 Å². The summed E-state index contributed by atoms with van der Waals surface area (Å²) in [6, 6.07) is 4.44. The minimum absolute atomic E-state index is 0.0630. The van der Waals surface area contributed by atoms with Crippen LogP contribution < -0.4 is 5.32 Å². The molecule has 126 valence electrons. The second-order valence-corrected chi connectivity index (χ2v) is 6.64. The van der Waals surface area contributed by atoms with Gasteiger partial charge in [-0.15, -0.1) is 0 Å². The highest BCUT2D eigenvalue weighted by atomic mass is 16.2. The molecule has 1 amide bonds. The zero-order valence-electron chi connectivity index (χ0n) is 14.1. The molecule has 1 aromatic rings. The van der Waals surface area contributed by atoms with Gasteiger partial charge in [0.05, 0.1) is 0 Å². The van der Waals surface area contributed by atoms with Gasteiger partial charge in [0.2, 0.25) is 0 Å². The molecule has 0 bridgehead atoms. The molecular weight excluding hydrogens is 288 g/mol. The number of rotatable bonds is 4. The van der Waals surface area contributed by atoms with Crippen LogP contribution in [0.25, 0.3) is 0 Å². The van der Waals surface area contributed by atoms with Gasteiger partial charge in [0.1, 0.15) is 5.69 Å². The first-order chi connectivity index (χ1) is 11.3. The summed E-state index contributed by atoms with van der Waals surface area (Å²) in [5, 5.41) is 3.58. The number of aromatic nitrogens is 1. The van der Waals surface area contributed by atoms with Crippen molar-refractivity contribution in [2.45, 2.75) is 45.1 Å². The van der Waals surface area contributed by atoms with Crippen LogP contribution in [0.4, 0.5) is 5.69 Å². The maximum Gasteiger partial charge on any atom is 0.272 e. The standard InChI is InChI=1S/C18H28N4O/c1-2-21-10-12-22(13-11-21)18(23)17-14-16(8-9-19-17)20-15-6-4-3-5-7-15/h8-9,14-15H,2-7,10-13H2,1H3,(H,19,20). The molecule has 0 unspecified atom stereocenters. The summed E-state index contributed by atoms with van der Waals surface area (Å²) < 4.78 is 0. The molecule has 0 radical (unpaired) electrons. The van der Waals surface area contributed by atoms with Gasteiger partial charge in [0.25, 0.3) is 5.91 Å². The van der Waals surface area contributed by atoms with Crippen molar-refractivity contribution in [3.8, 4) is 0 Å². The molecule has 23 heavy (non-hydrogen) atoms. The molecule has 0 aromatic carbocycles. The largest absolute Gasteiger partial charge is 0.382 e. The molecule has 1 aliphatic carbocycles. The van der Waals surface area contributed by atoms with Gasteiger partial charge in [-0.25, -0.2) is 0 Å². The second kappa shape index (κ2) is 7.77. The summed E-state index contributed by atoms with van der Waals surface area (Å²) in [4.78, 5) is 21.3. The number of amides is 1. The van der Waals surface area contributed by atoms with Gasteiger partial charge >= 0.3 is 0 Å². The van der Waals surface area contributed by atoms with Crippen molar-refractivity contribution in [1.29, 1.82) is 0 Å². The van der Waals surface area contributed by atoms with Crippen LogP contribution in [-0.4, -0.2) is 59.5 Å². The molecule has 5 nitrogen and oxygen atoms in total. The van der Waals surface area contributed by atoms with Crippen molar-refractivity contribution in [1.82, 2.24) is 14.8 Å². The second-order valence-electron chi connectivity index (χ2n) is 6.64. The van der Waals surface area contributed by atoms with E-state index in [0.717, 1.165) is 38.4 Å². The van der Waals surface area contributed by atoms with Gasteiger partial charge in [-0.1, -0.05) is 26.2 Å². The minimum Gasteiger partial charge on any atom is -0.382 e. The zero-order valence-corrected chi connectivity index (χ0v) is 14.1. The van der Waals surface area contributed by atoms with Crippen LogP contribution in [0, 0.1) is 0 Å². The number of pyridine rings is 1. The van der Waals surface area contributed by atoms with Crippen LogP contribution in [0.15, 0.2) is 18.3 Å². The molecule has 3 rings (SSSR count). The Hall–Kier alpha value is -1.62. The summed E-state index contributed by atoms with van der Waals surface area (Å²) in [5.41, 5.74) is 1.60. The van der Waals surface area contributed by atoms with E-state index in [9.17, 15) is 4.79 Å². The minimum atomic E-state index is 0.0630. The average molecular weight is 316 g/mol. The Morgan fingerprint density at radius 1 is 1.22 bits per heavy atom. The van der Waals surface area contributed by atoms with Gasteiger partial charge in [0.15, 0.2) is 0 Å². The lowest BCUT2D eigenvalue weighted by molar-refractivity contribution is 0.0637. The number of carbonyl (C=O) groups excluding carboxylic acids is 1. The normalized spacial score (nSPS) is 20.5. The van der Waals surface area contributed by atoms with Crippen molar-refractivity contribution in [2.75, 3.05) is 38.0 Å². The molecule has 5 heteroatoms. The summed E-state index contributed by atoms with van der Waals surface area (Å²) >= 11 is 0. The summed E-state index contributed by atoms with van der Waals surface area (Å²) in [6.45, 7) is 6.74. The highest BCUT2D eigenvalue weighted by Gasteiger charge is 2.22. The van der Waals surface area contributed by atoms with Gasteiger partial charge in [0, 0.05) is 44.1 Å². The molecular formula is C18H28N4O. The predicted molar refractivity (Wildman–Crippen MR) is 92.8 cm³/mol. The topological polar surface area (TPSA) is 48.5 Å². The van der Waals surface area contributed by atoms with Gasteiger partial charge in [-0.3, -0.25) is 9.78 Å². The Bertz CT molecular complexity index is 520. The Balaban J connectivity index is 1.61. The van der Waals surface area contributed by atoms with E-state index in [1.165, 1.54) is 32.1 Å². The quantitative estimate of drug-likeness (QED) is 0.927. The SMILES string of the molecule is CCN1CCN(C(=O)c2cc(NC3CCCCC3)ccn2)CC1. The molecule has 1 aromatic heterocycles. The Morgan fingerprint density at radius 3 is 2.65 bits per heavy atom. The van der Waals surface area contributed by atoms with E-state index in [1.54, 1.807) is 6.20 Å². The van der Waals surface area contributed by atoms with Crippen molar-refractivity contribution in [3.05, 3.63) is 24.0 Å². The maximum atomic E-state index is 12.7. The van der Waals surface area contributed by atoms with Crippen LogP contribution in [0.2, 0.25) is 0 Å². The lowest BCUT2D eigenvalue weighted by Gasteiger charge is -2.33. The molecule has 1 aliphatic heterocycles. The smallest absolute Gasteiger partial charge is 0.272 e. The molecule has 2 aliphatic rings. The van der Waals surface area contributed by atoms with Crippen molar-refractivity contribution in [3.63, 3.8) is 0 Å². The van der Waals surface area contributed by atoms with Crippen LogP contribution in [0.3, 0.4) is 0 Å². The number of likely N-dealkylation sites (N-methyl/N-ethyl adjacent to an activating group) is 1. The molecule has 1 N–H and O–H groups in total. The third kappa shape index (κ3) is 4.22. The fourth-order valence-corrected chi connectivity index (χ4v) is 3.55. The van der Waals surface area contributed by atoms with E-state index >= 15 is 0 Å². The number of anilines is 1. The van der Waals surface area contributed by atoms with Crippen molar-refractivity contribution >= 4 is 11.6 Å². The van der Waals surface area contributed by atoms with E-state index in [-0.39, 0.29) is 5.91 Å². The first kappa shape index (κ1) is 16.2. The fourth-order valence-electron chi connectivity index (χ4n) is 3.55. The predicted octanol–water partition coefficient (Wildman–Crippen LogP) is 2.60. The number of nitrogens with zero attached hydrogens (tertiary/aromatic N) is 3. The Kier molecular flexibility index (Phi) is 5.49.